The van der Waals surface area contributed by atoms with Crippen molar-refractivity contribution in [1.82, 2.24) is 0 Å². The second-order valence-electron chi connectivity index (χ2n) is 15.5. The summed E-state index contributed by atoms with van der Waals surface area (Å²) < 4.78 is 32.2. The molecular weight excluding hydrogens is 808 g/mol. The molecule has 2 spiro atoms. The van der Waals surface area contributed by atoms with Crippen LogP contribution in [0.15, 0.2) is 72.8 Å². The fourth-order valence-corrected chi connectivity index (χ4v) is 10.3. The summed E-state index contributed by atoms with van der Waals surface area (Å²) in [5, 5.41) is 12.3. The van der Waals surface area contributed by atoms with Crippen molar-refractivity contribution >= 4 is 43.4 Å². The van der Waals surface area contributed by atoms with Crippen LogP contribution in [0.4, 0.5) is 0 Å². The lowest BCUT2D eigenvalue weighted by atomic mass is 9.73. The van der Waals surface area contributed by atoms with Gasteiger partial charge in [0.05, 0.1) is 38.1 Å². The fourth-order valence-electron chi connectivity index (χ4n) is 9.18. The van der Waals surface area contributed by atoms with Crippen molar-refractivity contribution in [2.45, 2.75) is 105 Å². The van der Waals surface area contributed by atoms with Gasteiger partial charge in [-0.3, -0.25) is 9.59 Å². The van der Waals surface area contributed by atoms with E-state index >= 15 is 0 Å². The molecule has 2 aliphatic carbocycles. The maximum Gasteiger partial charge on any atom is 0.218 e. The smallest absolute Gasteiger partial charge is 0.218 e. The van der Waals surface area contributed by atoms with Crippen LogP contribution in [-0.4, -0.2) is 79.8 Å². The Bertz CT molecular complexity index is 1730. The monoisotopic (exact) mass is 852 g/mol. The zero-order chi connectivity index (χ0) is 36.6. The van der Waals surface area contributed by atoms with E-state index in [9.17, 15) is 14.7 Å². The summed E-state index contributed by atoms with van der Waals surface area (Å²) in [6.07, 6.45) is 5.36. The van der Waals surface area contributed by atoms with E-state index in [0.717, 1.165) is 55.6 Å². The minimum Gasteiger partial charge on any atom is -0.387 e. The van der Waals surface area contributed by atoms with Gasteiger partial charge in [-0.05, 0) is 78.3 Å². The van der Waals surface area contributed by atoms with Gasteiger partial charge in [0, 0.05) is 27.9 Å². The molecule has 6 bridgehead atoms. The number of Topliss-reactive ketones (excluding diaryl/α,β-unsaturated/α-hetero) is 2. The molecule has 6 saturated heterocycles. The molecule has 3 aromatic rings. The summed E-state index contributed by atoms with van der Waals surface area (Å²) in [6, 6.07) is 25.3. The number of rotatable bonds is 2. The summed E-state index contributed by atoms with van der Waals surface area (Å²) in [4.78, 5) is 23.2. The van der Waals surface area contributed by atoms with Crippen LogP contribution in [0.1, 0.15) is 59.1 Å². The first kappa shape index (κ1) is 37.6. The number of halogens is 2. The number of ether oxygens (including phenoxy) is 6. The number of aliphatic hydroxyl groups excluding tert-OH is 1. The minimum atomic E-state index is -0.594. The van der Waals surface area contributed by atoms with Gasteiger partial charge >= 0.3 is 0 Å². The highest BCUT2D eigenvalue weighted by molar-refractivity contribution is 9.09. The molecule has 11 heteroatoms. The van der Waals surface area contributed by atoms with Gasteiger partial charge in [0.2, 0.25) is 12.6 Å². The molecule has 6 aliphatic heterocycles. The standard InChI is InChI=1S/C14H16O3.C14H14O3.C8H8Br2.C6H8O3/c2*15-12-13-16-8-11(17-13)7-14(12)5-9-3-1-2-4-10(9)6-14;9-5-7-3-1-2-4-8(7)6-10;7-5-2-1-4-3-8-6(5)9-4/h1-4,11-13,15H,5-8H2;1-4,11,13H,5-8H2;1-4H,5-6H2;4,6H,1-3H2/t11-,12+,13+;11-,13+;;4-,6+/m00.0/s1. The summed E-state index contributed by atoms with van der Waals surface area (Å²) in [5.41, 5.74) is 7.84. The lowest BCUT2D eigenvalue weighted by molar-refractivity contribution is -0.203. The summed E-state index contributed by atoms with van der Waals surface area (Å²) in [7, 11) is 0. The van der Waals surface area contributed by atoms with Gasteiger partial charge in [-0.2, -0.15) is 0 Å². The normalized spacial score (nSPS) is 31.5. The molecule has 0 amide bonds. The molecule has 1 N–H and O–H groups in total. The largest absolute Gasteiger partial charge is 0.387 e. The summed E-state index contributed by atoms with van der Waals surface area (Å²) in [6.45, 7) is 1.82. The molecule has 0 saturated carbocycles. The van der Waals surface area contributed by atoms with Gasteiger partial charge in [-0.15, -0.1) is 0 Å². The van der Waals surface area contributed by atoms with E-state index in [-0.39, 0.29) is 40.7 Å². The molecule has 0 aromatic heterocycles. The van der Waals surface area contributed by atoms with Crippen LogP contribution in [0, 0.1) is 10.8 Å². The summed E-state index contributed by atoms with van der Waals surface area (Å²) >= 11 is 6.86. The Morgan fingerprint density at radius 2 is 1.13 bits per heavy atom. The third-order valence-electron chi connectivity index (χ3n) is 11.9. The third-order valence-corrected chi connectivity index (χ3v) is 13.1. The van der Waals surface area contributed by atoms with Gasteiger partial charge in [0.1, 0.15) is 6.10 Å². The SMILES string of the molecule is BrCc1ccccc1CBr.O=C1CC[C@H]2CO[C@@H]1O2.O=C1[C@@H]2OC[C@H](CC13Cc1ccccc1C3)O2.O[C@@H]1[C@@H]2OC[C@H](CC13Cc1ccccc1C3)O2. The third kappa shape index (κ3) is 7.76. The highest BCUT2D eigenvalue weighted by atomic mass is 79.9. The number of fused-ring (bicyclic) bond motifs is 8. The van der Waals surface area contributed by atoms with E-state index in [1.807, 2.05) is 12.1 Å². The second-order valence-corrected chi connectivity index (χ2v) is 16.6. The van der Waals surface area contributed by atoms with Crippen molar-refractivity contribution in [2.75, 3.05) is 19.8 Å². The van der Waals surface area contributed by atoms with Crippen molar-refractivity contribution < 1.29 is 43.1 Å². The zero-order valence-corrected chi connectivity index (χ0v) is 32.8. The number of hydrogen-bond donors (Lipinski definition) is 1. The predicted octanol–water partition coefficient (Wildman–Crippen LogP) is 6.33. The number of ketones is 2. The topological polar surface area (TPSA) is 110 Å². The fraction of sp³-hybridized carbons (Fsp3) is 0.524. The molecule has 53 heavy (non-hydrogen) atoms. The van der Waals surface area contributed by atoms with Crippen LogP contribution >= 0.6 is 31.9 Å². The Balaban J connectivity index is 0.000000105. The number of carbonyl (C=O) groups is 2. The van der Waals surface area contributed by atoms with Crippen LogP contribution in [0.3, 0.4) is 0 Å². The quantitative estimate of drug-likeness (QED) is 0.296. The van der Waals surface area contributed by atoms with Crippen molar-refractivity contribution in [2.24, 2.45) is 10.8 Å². The van der Waals surface area contributed by atoms with Gasteiger partial charge in [0.15, 0.2) is 17.9 Å². The van der Waals surface area contributed by atoms with Crippen molar-refractivity contribution in [3.8, 4) is 0 Å². The van der Waals surface area contributed by atoms with Gasteiger partial charge in [-0.25, -0.2) is 0 Å². The maximum atomic E-state index is 12.4. The van der Waals surface area contributed by atoms with E-state index in [4.69, 9.17) is 28.4 Å². The molecule has 8 aliphatic rings. The Labute approximate surface area is 327 Å². The van der Waals surface area contributed by atoms with Crippen LogP contribution in [0.2, 0.25) is 0 Å². The number of aliphatic hydroxyl groups is 1. The second kappa shape index (κ2) is 16.0. The maximum absolute atomic E-state index is 12.4. The summed E-state index contributed by atoms with van der Waals surface area (Å²) in [5.74, 6) is 0.256. The van der Waals surface area contributed by atoms with E-state index < -0.39 is 25.0 Å². The highest BCUT2D eigenvalue weighted by Gasteiger charge is 2.56. The van der Waals surface area contributed by atoms with Gasteiger partial charge in [0.25, 0.3) is 0 Å². The molecule has 7 atom stereocenters. The number of hydrogen-bond acceptors (Lipinski definition) is 9. The average molecular weight is 855 g/mol. The van der Waals surface area contributed by atoms with E-state index in [0.29, 0.717) is 26.2 Å². The first-order chi connectivity index (χ1) is 25.8. The van der Waals surface area contributed by atoms with Crippen molar-refractivity contribution in [3.05, 3.63) is 106 Å². The first-order valence-corrected chi connectivity index (χ1v) is 20.9. The predicted molar refractivity (Wildman–Crippen MR) is 203 cm³/mol. The van der Waals surface area contributed by atoms with Gasteiger partial charge in [-0.1, -0.05) is 105 Å². The molecular formula is C42H46Br2O9. The Kier molecular flexibility index (Phi) is 11.4. The van der Waals surface area contributed by atoms with E-state index in [1.54, 1.807) is 0 Å². The molecule has 0 unspecified atom stereocenters. The van der Waals surface area contributed by atoms with Crippen LogP contribution in [-0.2, 0) is 74.4 Å². The number of benzene rings is 3. The molecule has 9 nitrogen and oxygen atoms in total. The van der Waals surface area contributed by atoms with E-state index in [2.05, 4.69) is 92.5 Å². The molecule has 0 radical (unpaired) electrons. The highest BCUT2D eigenvalue weighted by Crippen LogP contribution is 2.50. The first-order valence-electron chi connectivity index (χ1n) is 18.7. The van der Waals surface area contributed by atoms with Gasteiger partial charge < -0.3 is 33.5 Å². The lowest BCUT2D eigenvalue weighted by Crippen LogP contribution is -2.49. The van der Waals surface area contributed by atoms with E-state index in [1.165, 1.54) is 33.4 Å². The molecule has 6 fully saturated rings. The Hall–Kier alpha value is -2.32. The molecule has 282 valence electrons. The molecule has 6 heterocycles. The van der Waals surface area contributed by atoms with Crippen LogP contribution in [0.25, 0.3) is 0 Å². The molecule has 11 rings (SSSR count). The zero-order valence-electron chi connectivity index (χ0n) is 29.6. The van der Waals surface area contributed by atoms with Crippen molar-refractivity contribution in [3.63, 3.8) is 0 Å². The number of alkyl halides is 2. The Morgan fingerprint density at radius 1 is 0.623 bits per heavy atom. The minimum absolute atomic E-state index is 0.0478. The lowest BCUT2D eigenvalue weighted by Gasteiger charge is -2.40. The average Bonchev–Trinajstić information content (AvgIpc) is 4.02. The van der Waals surface area contributed by atoms with Crippen LogP contribution in [0.5, 0.6) is 0 Å². The Morgan fingerprint density at radius 3 is 1.74 bits per heavy atom. The van der Waals surface area contributed by atoms with Crippen LogP contribution < -0.4 is 0 Å². The van der Waals surface area contributed by atoms with Crippen molar-refractivity contribution in [1.29, 1.82) is 0 Å². The molecule has 3 aromatic carbocycles. The number of carbonyl (C=O) groups excluding carboxylic acids is 2.